The third-order valence-electron chi connectivity index (χ3n) is 3.73. The molecule has 21 heavy (non-hydrogen) atoms. The fraction of sp³-hybridized carbons (Fsp3) is 0.429. The first kappa shape index (κ1) is 14.1. The smallest absolute Gasteiger partial charge is 0.303 e. The van der Waals surface area contributed by atoms with Crippen LogP contribution in [-0.4, -0.2) is 31.8 Å². The molecule has 110 valence electrons. The molecular formula is C14H15N3O3S. The van der Waals surface area contributed by atoms with E-state index in [4.69, 9.17) is 5.11 Å². The summed E-state index contributed by atoms with van der Waals surface area (Å²) in [6.07, 6.45) is 2.10. The summed E-state index contributed by atoms with van der Waals surface area (Å²) < 4.78 is 1.34. The van der Waals surface area contributed by atoms with E-state index < -0.39 is 5.97 Å². The number of carboxylic acids is 1. The summed E-state index contributed by atoms with van der Waals surface area (Å²) in [6, 6.07) is 7.11. The van der Waals surface area contributed by atoms with Gasteiger partial charge in [0, 0.05) is 5.75 Å². The number of hydrogen-bond acceptors (Lipinski definition) is 5. The van der Waals surface area contributed by atoms with Crippen LogP contribution >= 0.6 is 11.8 Å². The van der Waals surface area contributed by atoms with Crippen LogP contribution in [0.25, 0.3) is 10.9 Å². The molecule has 6 nitrogen and oxygen atoms in total. The van der Waals surface area contributed by atoms with Gasteiger partial charge in [0.1, 0.15) is 5.52 Å². The molecular weight excluding hydrogens is 290 g/mol. The molecule has 0 aliphatic heterocycles. The van der Waals surface area contributed by atoms with Crippen molar-refractivity contribution < 1.29 is 9.90 Å². The standard InChI is InChI=1S/C14H15N3O3S/c18-12(19)7-14(5-6-14)8-21-9-17-13(20)10-3-1-2-4-11(10)15-16-17/h1-4H,5-9H2,(H,18,19). The number of rotatable bonds is 6. The van der Waals surface area contributed by atoms with Crippen molar-refractivity contribution in [1.29, 1.82) is 0 Å². The summed E-state index contributed by atoms with van der Waals surface area (Å²) in [6.45, 7) is 0. The molecule has 3 rings (SSSR count). The van der Waals surface area contributed by atoms with Gasteiger partial charge in [-0.3, -0.25) is 9.59 Å². The molecule has 0 bridgehead atoms. The highest BCUT2D eigenvalue weighted by atomic mass is 32.2. The molecule has 1 N–H and O–H groups in total. The maximum Gasteiger partial charge on any atom is 0.303 e. The van der Waals surface area contributed by atoms with Gasteiger partial charge in [0.25, 0.3) is 5.56 Å². The summed E-state index contributed by atoms with van der Waals surface area (Å²) in [4.78, 5) is 23.0. The third kappa shape index (κ3) is 3.07. The van der Waals surface area contributed by atoms with Gasteiger partial charge in [0.15, 0.2) is 0 Å². The van der Waals surface area contributed by atoms with Crippen LogP contribution in [0.1, 0.15) is 19.3 Å². The van der Waals surface area contributed by atoms with Gasteiger partial charge in [-0.25, -0.2) is 4.68 Å². The monoisotopic (exact) mass is 305 g/mol. The van der Waals surface area contributed by atoms with Crippen molar-refractivity contribution in [3.8, 4) is 0 Å². The Morgan fingerprint density at radius 2 is 2.14 bits per heavy atom. The summed E-state index contributed by atoms with van der Waals surface area (Å²) in [5.74, 6) is 0.383. The van der Waals surface area contributed by atoms with Gasteiger partial charge in [-0.2, -0.15) is 0 Å². The zero-order chi connectivity index (χ0) is 14.9. The van der Waals surface area contributed by atoms with Crippen molar-refractivity contribution in [3.63, 3.8) is 0 Å². The van der Waals surface area contributed by atoms with Crippen LogP contribution in [0, 0.1) is 5.41 Å². The van der Waals surface area contributed by atoms with E-state index in [2.05, 4.69) is 10.3 Å². The van der Waals surface area contributed by atoms with E-state index in [-0.39, 0.29) is 17.4 Å². The van der Waals surface area contributed by atoms with E-state index in [1.165, 1.54) is 16.4 Å². The second-order valence-corrected chi connectivity index (χ2v) is 6.41. The highest BCUT2D eigenvalue weighted by molar-refractivity contribution is 7.98. The Bertz CT molecular complexity index is 740. The average molecular weight is 305 g/mol. The summed E-state index contributed by atoms with van der Waals surface area (Å²) >= 11 is 1.54. The van der Waals surface area contributed by atoms with Crippen LogP contribution in [0.2, 0.25) is 0 Å². The number of benzene rings is 1. The van der Waals surface area contributed by atoms with Crippen LogP contribution in [0.3, 0.4) is 0 Å². The van der Waals surface area contributed by atoms with Crippen molar-refractivity contribution in [2.45, 2.75) is 25.1 Å². The normalized spacial score (nSPS) is 16.0. The second kappa shape index (κ2) is 5.48. The molecule has 0 radical (unpaired) electrons. The largest absolute Gasteiger partial charge is 0.481 e. The SMILES string of the molecule is O=C(O)CC1(CSCn2nnc3ccccc3c2=O)CC1. The van der Waals surface area contributed by atoms with Gasteiger partial charge in [-0.1, -0.05) is 17.3 Å². The average Bonchev–Trinajstić information content (AvgIpc) is 3.20. The predicted octanol–water partition coefficient (Wildman–Crippen LogP) is 1.74. The van der Waals surface area contributed by atoms with Crippen molar-refractivity contribution in [3.05, 3.63) is 34.6 Å². The quantitative estimate of drug-likeness (QED) is 0.875. The molecule has 7 heteroatoms. The van der Waals surface area contributed by atoms with Gasteiger partial charge < -0.3 is 5.11 Å². The molecule has 1 aromatic heterocycles. The topological polar surface area (TPSA) is 85.1 Å². The minimum atomic E-state index is -0.754. The first-order valence-electron chi connectivity index (χ1n) is 6.72. The molecule has 0 atom stereocenters. The number of carbonyl (C=O) groups is 1. The second-order valence-electron chi connectivity index (χ2n) is 5.46. The Balaban J connectivity index is 1.67. The fourth-order valence-electron chi connectivity index (χ4n) is 2.33. The summed E-state index contributed by atoms with van der Waals surface area (Å²) in [7, 11) is 0. The number of aromatic nitrogens is 3. The van der Waals surface area contributed by atoms with Gasteiger partial charge in [0.05, 0.1) is 17.7 Å². The first-order valence-corrected chi connectivity index (χ1v) is 7.87. The number of hydrogen-bond donors (Lipinski definition) is 1. The van der Waals surface area contributed by atoms with E-state index >= 15 is 0 Å². The Labute approximate surface area is 125 Å². The van der Waals surface area contributed by atoms with E-state index in [1.54, 1.807) is 18.2 Å². The number of carboxylic acid groups (broad SMARTS) is 1. The molecule has 0 unspecified atom stereocenters. The molecule has 1 aromatic carbocycles. The summed E-state index contributed by atoms with van der Waals surface area (Å²) in [5.41, 5.74) is 0.356. The fourth-order valence-corrected chi connectivity index (χ4v) is 3.58. The maximum atomic E-state index is 12.2. The van der Waals surface area contributed by atoms with Crippen LogP contribution in [-0.2, 0) is 10.7 Å². The van der Waals surface area contributed by atoms with Gasteiger partial charge in [-0.05, 0) is 30.4 Å². The zero-order valence-corrected chi connectivity index (χ0v) is 12.2. The van der Waals surface area contributed by atoms with Crippen LogP contribution in [0.4, 0.5) is 0 Å². The minimum Gasteiger partial charge on any atom is -0.481 e. The van der Waals surface area contributed by atoms with Crippen molar-refractivity contribution in [2.75, 3.05) is 5.75 Å². The maximum absolute atomic E-state index is 12.2. The van der Waals surface area contributed by atoms with E-state index in [1.807, 2.05) is 6.07 Å². The Morgan fingerprint density at radius 3 is 2.86 bits per heavy atom. The van der Waals surface area contributed by atoms with E-state index in [0.29, 0.717) is 16.8 Å². The van der Waals surface area contributed by atoms with Gasteiger partial charge in [-0.15, -0.1) is 16.9 Å². The minimum absolute atomic E-state index is 0.0790. The zero-order valence-electron chi connectivity index (χ0n) is 11.4. The summed E-state index contributed by atoms with van der Waals surface area (Å²) in [5, 5.41) is 17.4. The molecule has 1 heterocycles. The number of nitrogens with zero attached hydrogens (tertiary/aromatic N) is 3. The molecule has 1 aliphatic rings. The van der Waals surface area contributed by atoms with Crippen LogP contribution in [0.15, 0.2) is 29.1 Å². The van der Waals surface area contributed by atoms with Gasteiger partial charge >= 0.3 is 5.97 Å². The lowest BCUT2D eigenvalue weighted by Crippen LogP contribution is -2.24. The van der Waals surface area contributed by atoms with Crippen molar-refractivity contribution in [2.24, 2.45) is 5.41 Å². The molecule has 0 spiro atoms. The Kier molecular flexibility index (Phi) is 3.67. The molecule has 1 saturated carbocycles. The number of aliphatic carboxylic acids is 1. The number of thioether (sulfide) groups is 1. The van der Waals surface area contributed by atoms with E-state index in [9.17, 15) is 9.59 Å². The Morgan fingerprint density at radius 1 is 1.38 bits per heavy atom. The van der Waals surface area contributed by atoms with Crippen LogP contribution in [0.5, 0.6) is 0 Å². The highest BCUT2D eigenvalue weighted by Gasteiger charge is 2.44. The lowest BCUT2D eigenvalue weighted by molar-refractivity contribution is -0.138. The van der Waals surface area contributed by atoms with Crippen molar-refractivity contribution >= 4 is 28.6 Å². The van der Waals surface area contributed by atoms with Crippen molar-refractivity contribution in [1.82, 2.24) is 15.0 Å². The van der Waals surface area contributed by atoms with Gasteiger partial charge in [0.2, 0.25) is 0 Å². The Hall–Kier alpha value is -1.89. The molecule has 0 amide bonds. The molecule has 2 aromatic rings. The lowest BCUT2D eigenvalue weighted by Gasteiger charge is -2.11. The van der Waals surface area contributed by atoms with E-state index in [0.717, 1.165) is 18.6 Å². The molecule has 1 fully saturated rings. The third-order valence-corrected chi connectivity index (χ3v) is 4.98. The van der Waals surface area contributed by atoms with Crippen LogP contribution < -0.4 is 5.56 Å². The first-order chi connectivity index (χ1) is 10.1. The highest BCUT2D eigenvalue weighted by Crippen LogP contribution is 2.51. The lowest BCUT2D eigenvalue weighted by atomic mass is 10.1. The number of fused-ring (bicyclic) bond motifs is 1. The molecule has 0 saturated heterocycles. The predicted molar refractivity (Wildman–Crippen MR) is 80.2 cm³/mol. The molecule has 1 aliphatic carbocycles.